The average Bonchev–Trinajstić information content (AvgIpc) is 3.30. The molecular formula is C31H41N5O3. The van der Waals surface area contributed by atoms with E-state index in [1.165, 1.54) is 0 Å². The van der Waals surface area contributed by atoms with Gasteiger partial charge in [0.15, 0.2) is 0 Å². The molecule has 1 amide bonds. The van der Waals surface area contributed by atoms with Gasteiger partial charge >= 0.3 is 0 Å². The molecular weight excluding hydrogens is 490 g/mol. The number of nitrogens with zero attached hydrogens (tertiary/aromatic N) is 3. The number of carbonyl (C=O) groups excluding carboxylic acids is 1. The molecule has 3 N–H and O–H groups in total. The summed E-state index contributed by atoms with van der Waals surface area (Å²) in [5, 5.41) is 16.3. The van der Waals surface area contributed by atoms with Gasteiger partial charge in [0, 0.05) is 41.7 Å². The third-order valence-electron chi connectivity index (χ3n) is 6.54. The number of nitrogens with one attached hydrogen (secondary N) is 2. The zero-order valence-corrected chi connectivity index (χ0v) is 23.5. The number of amidine groups is 1. The van der Waals surface area contributed by atoms with Gasteiger partial charge in [-0.1, -0.05) is 19.2 Å². The molecule has 1 aromatic rings. The second-order valence-corrected chi connectivity index (χ2v) is 9.80. The predicted octanol–water partition coefficient (Wildman–Crippen LogP) is 5.05. The molecule has 208 valence electrons. The van der Waals surface area contributed by atoms with E-state index in [0.29, 0.717) is 42.4 Å². The van der Waals surface area contributed by atoms with Crippen molar-refractivity contribution in [1.29, 1.82) is 0 Å². The van der Waals surface area contributed by atoms with E-state index in [1.807, 2.05) is 64.1 Å². The summed E-state index contributed by atoms with van der Waals surface area (Å²) >= 11 is 0. The zero-order valence-electron chi connectivity index (χ0n) is 23.5. The molecule has 1 saturated heterocycles. The molecule has 1 aromatic carbocycles. The van der Waals surface area contributed by atoms with Crippen LogP contribution in [0, 0.1) is 6.92 Å². The van der Waals surface area contributed by atoms with Crippen LogP contribution in [0.1, 0.15) is 45.6 Å². The van der Waals surface area contributed by atoms with E-state index in [-0.39, 0.29) is 24.6 Å². The highest BCUT2D eigenvalue weighted by molar-refractivity contribution is 6.05. The van der Waals surface area contributed by atoms with Crippen LogP contribution >= 0.6 is 0 Å². The monoisotopic (exact) mass is 531 g/mol. The Bertz CT molecular complexity index is 1220. The molecule has 2 aliphatic heterocycles. The first-order chi connectivity index (χ1) is 18.7. The van der Waals surface area contributed by atoms with Crippen molar-refractivity contribution in [3.63, 3.8) is 0 Å². The maximum absolute atomic E-state index is 13.3. The quantitative estimate of drug-likeness (QED) is 0.290. The highest BCUT2D eigenvalue weighted by Gasteiger charge is 2.30. The van der Waals surface area contributed by atoms with E-state index < -0.39 is 0 Å². The van der Waals surface area contributed by atoms with Gasteiger partial charge in [0.25, 0.3) is 0 Å². The fourth-order valence-electron chi connectivity index (χ4n) is 4.59. The van der Waals surface area contributed by atoms with Gasteiger partial charge in [-0.25, -0.2) is 0 Å². The van der Waals surface area contributed by atoms with Crippen LogP contribution in [0.4, 0.5) is 5.69 Å². The Morgan fingerprint density at radius 2 is 2.21 bits per heavy atom. The lowest BCUT2D eigenvalue weighted by atomic mass is 10.0. The summed E-state index contributed by atoms with van der Waals surface area (Å²) in [5.41, 5.74) is 4.14. The summed E-state index contributed by atoms with van der Waals surface area (Å²) in [7, 11) is 0. The van der Waals surface area contributed by atoms with Crippen molar-refractivity contribution in [2.75, 3.05) is 25.0 Å². The standard InChI is InChI=1S/C31H41N5O3/c1-7-28(19-34-21(3)4)39-29-12-11-26(16-22(29)5)35-23(6)17-25-18-24(13-14-33-30(25)32-8-2)31(38)36-15-9-10-27(36)20-37/h7-8,11-12,16-19,23,27,35,37H,2-3,9-10,13-15,20H2,1,4-6H3,(H,32,33)/b25-17?,28-7+,34-19?. The van der Waals surface area contributed by atoms with E-state index in [0.717, 1.165) is 35.4 Å². The molecule has 8 heteroatoms. The largest absolute Gasteiger partial charge is 0.456 e. The molecule has 2 unspecified atom stereocenters. The molecule has 0 aromatic heterocycles. The van der Waals surface area contributed by atoms with Crippen LogP contribution in [0.5, 0.6) is 5.75 Å². The second-order valence-electron chi connectivity index (χ2n) is 9.80. The van der Waals surface area contributed by atoms with Crippen molar-refractivity contribution in [1.82, 2.24) is 10.2 Å². The van der Waals surface area contributed by atoms with Gasteiger partial charge in [0.05, 0.1) is 18.9 Å². The highest BCUT2D eigenvalue weighted by Crippen LogP contribution is 2.26. The smallest absolute Gasteiger partial charge is 0.250 e. The Labute approximate surface area is 232 Å². The third kappa shape index (κ3) is 8.29. The number of anilines is 1. The van der Waals surface area contributed by atoms with Crippen LogP contribution in [0.3, 0.4) is 0 Å². The molecule has 8 nitrogen and oxygen atoms in total. The first kappa shape index (κ1) is 29.6. The van der Waals surface area contributed by atoms with Gasteiger partial charge in [-0.15, -0.1) is 0 Å². The van der Waals surface area contributed by atoms with Gasteiger partial charge in [-0.2, -0.15) is 0 Å². The fourth-order valence-corrected chi connectivity index (χ4v) is 4.59. The van der Waals surface area contributed by atoms with E-state index in [4.69, 9.17) is 4.74 Å². The Balaban J connectivity index is 1.79. The summed E-state index contributed by atoms with van der Waals surface area (Å²) in [6, 6.07) is 5.75. The lowest BCUT2D eigenvalue weighted by Crippen LogP contribution is -2.38. The minimum Gasteiger partial charge on any atom is -0.456 e. The normalized spacial score (nSPS) is 19.8. The number of aliphatic hydroxyl groups is 1. The number of hydrogen-bond acceptors (Lipinski definition) is 7. The van der Waals surface area contributed by atoms with Gasteiger partial charge in [-0.05, 0) is 89.1 Å². The molecule has 0 spiro atoms. The van der Waals surface area contributed by atoms with Crippen LogP contribution in [0.25, 0.3) is 0 Å². The number of aliphatic imine (C=N–C) groups is 2. The molecule has 0 aliphatic carbocycles. The lowest BCUT2D eigenvalue weighted by Gasteiger charge is -2.24. The summed E-state index contributed by atoms with van der Waals surface area (Å²) in [6.07, 6.45) is 11.4. The molecule has 1 fully saturated rings. The summed E-state index contributed by atoms with van der Waals surface area (Å²) in [4.78, 5) is 24.0. The minimum atomic E-state index is -0.112. The molecule has 0 saturated carbocycles. The number of carbonyl (C=O) groups is 1. The van der Waals surface area contributed by atoms with Gasteiger partial charge in [0.1, 0.15) is 17.3 Å². The molecule has 0 radical (unpaired) electrons. The van der Waals surface area contributed by atoms with Crippen LogP contribution in [0.15, 0.2) is 88.4 Å². The maximum Gasteiger partial charge on any atom is 0.250 e. The van der Waals surface area contributed by atoms with Gasteiger partial charge < -0.3 is 25.4 Å². The van der Waals surface area contributed by atoms with Crippen molar-refractivity contribution in [2.24, 2.45) is 9.98 Å². The lowest BCUT2D eigenvalue weighted by molar-refractivity contribution is -0.128. The Morgan fingerprint density at radius 1 is 1.41 bits per heavy atom. The van der Waals surface area contributed by atoms with Crippen molar-refractivity contribution >= 4 is 23.6 Å². The number of benzene rings is 1. The SMILES string of the molecule is C=CNC1=NCCC(C(=O)N2CCCC2CO)=CC1=CC(C)Nc1ccc(O/C(C=NC(=C)C)=C/C)c(C)c1. The fraction of sp³-hybridized carbons (Fsp3) is 0.387. The molecule has 0 bridgehead atoms. The van der Waals surface area contributed by atoms with E-state index in [9.17, 15) is 9.90 Å². The number of aliphatic hydroxyl groups excluding tert-OH is 1. The van der Waals surface area contributed by atoms with Crippen LogP contribution in [0.2, 0.25) is 0 Å². The summed E-state index contributed by atoms with van der Waals surface area (Å²) in [6.45, 7) is 16.5. The predicted molar refractivity (Wildman–Crippen MR) is 160 cm³/mol. The van der Waals surface area contributed by atoms with E-state index in [2.05, 4.69) is 33.8 Å². The van der Waals surface area contributed by atoms with Crippen LogP contribution in [-0.2, 0) is 4.79 Å². The molecule has 3 rings (SSSR count). The Morgan fingerprint density at radius 3 is 2.87 bits per heavy atom. The number of allylic oxidation sites excluding steroid dienone is 3. The topological polar surface area (TPSA) is 98.6 Å². The van der Waals surface area contributed by atoms with Crippen molar-refractivity contribution < 1.29 is 14.6 Å². The third-order valence-corrected chi connectivity index (χ3v) is 6.54. The number of ether oxygens (including phenoxy) is 1. The molecule has 2 heterocycles. The van der Waals surface area contributed by atoms with Crippen LogP contribution < -0.4 is 15.4 Å². The van der Waals surface area contributed by atoms with Gasteiger partial charge in [-0.3, -0.25) is 14.8 Å². The first-order valence-corrected chi connectivity index (χ1v) is 13.4. The minimum absolute atomic E-state index is 0.0101. The summed E-state index contributed by atoms with van der Waals surface area (Å²) in [5.74, 6) is 2.05. The summed E-state index contributed by atoms with van der Waals surface area (Å²) < 4.78 is 6.01. The van der Waals surface area contributed by atoms with E-state index in [1.54, 1.807) is 17.3 Å². The molecule has 39 heavy (non-hydrogen) atoms. The Kier molecular flexibility index (Phi) is 10.9. The number of hydrogen-bond donors (Lipinski definition) is 3. The van der Waals surface area contributed by atoms with E-state index >= 15 is 0 Å². The first-order valence-electron chi connectivity index (χ1n) is 13.4. The second kappa shape index (κ2) is 14.3. The molecule has 2 aliphatic rings. The zero-order chi connectivity index (χ0) is 28.4. The van der Waals surface area contributed by atoms with Crippen molar-refractivity contribution in [3.05, 3.63) is 84.0 Å². The number of rotatable bonds is 10. The van der Waals surface area contributed by atoms with Crippen molar-refractivity contribution in [2.45, 2.75) is 59.0 Å². The van der Waals surface area contributed by atoms with Crippen molar-refractivity contribution in [3.8, 4) is 5.75 Å². The average molecular weight is 532 g/mol. The Hall–Kier alpha value is -3.91. The van der Waals surface area contributed by atoms with Gasteiger partial charge in [0.2, 0.25) is 5.91 Å². The number of likely N-dealkylation sites (tertiary alicyclic amines) is 1. The van der Waals surface area contributed by atoms with Crippen LogP contribution in [-0.4, -0.2) is 59.7 Å². The number of aryl methyl sites for hydroxylation is 1. The molecule has 2 atom stereocenters. The maximum atomic E-state index is 13.3. The highest BCUT2D eigenvalue weighted by atomic mass is 16.5. The number of amides is 1.